The standard InChI is InChI=1S/C13H17NO4S/c15-8-11-6-14(3-4-18-11)7-12-5-10(9-19-12)1-2-13(16)17/h1-2,5,9,11,15H,3-4,6-8H2,(H,16,17)/b2-1+. The van der Waals surface area contributed by atoms with E-state index in [1.807, 2.05) is 11.4 Å². The Balaban J connectivity index is 1.90. The van der Waals surface area contributed by atoms with Gasteiger partial charge in [-0.3, -0.25) is 4.90 Å². The second-order valence-corrected chi connectivity index (χ2v) is 5.42. The zero-order valence-electron chi connectivity index (χ0n) is 10.5. The number of carboxylic acids is 1. The molecule has 1 atom stereocenters. The van der Waals surface area contributed by atoms with Gasteiger partial charge in [0.05, 0.1) is 19.3 Å². The first-order valence-corrected chi connectivity index (χ1v) is 6.98. The molecule has 2 N–H and O–H groups in total. The molecule has 1 fully saturated rings. The van der Waals surface area contributed by atoms with Crippen molar-refractivity contribution in [2.45, 2.75) is 12.6 Å². The molecule has 6 heteroatoms. The van der Waals surface area contributed by atoms with Crippen molar-refractivity contribution in [2.24, 2.45) is 0 Å². The molecule has 0 bridgehead atoms. The Bertz CT molecular complexity index is 457. The molecule has 19 heavy (non-hydrogen) atoms. The minimum atomic E-state index is -0.938. The lowest BCUT2D eigenvalue weighted by Gasteiger charge is -2.31. The number of nitrogens with zero attached hydrogens (tertiary/aromatic N) is 1. The molecule has 2 heterocycles. The molecule has 104 valence electrons. The van der Waals surface area contributed by atoms with Gasteiger partial charge in [-0.1, -0.05) is 0 Å². The van der Waals surface area contributed by atoms with E-state index in [9.17, 15) is 4.79 Å². The van der Waals surface area contributed by atoms with Crippen molar-refractivity contribution < 1.29 is 19.7 Å². The lowest BCUT2D eigenvalue weighted by atomic mass is 10.2. The van der Waals surface area contributed by atoms with E-state index in [1.54, 1.807) is 17.4 Å². The molecule has 0 aromatic carbocycles. The monoisotopic (exact) mass is 283 g/mol. The number of ether oxygens (including phenoxy) is 1. The van der Waals surface area contributed by atoms with Gasteiger partial charge in [0.15, 0.2) is 0 Å². The van der Waals surface area contributed by atoms with Crippen molar-refractivity contribution >= 4 is 23.4 Å². The van der Waals surface area contributed by atoms with Gasteiger partial charge in [0, 0.05) is 30.6 Å². The molecule has 1 aliphatic heterocycles. The van der Waals surface area contributed by atoms with Crippen LogP contribution >= 0.6 is 11.3 Å². The van der Waals surface area contributed by atoms with Crippen LogP contribution in [0.4, 0.5) is 0 Å². The Labute approximate surface area is 115 Å². The molecule has 1 aromatic rings. The van der Waals surface area contributed by atoms with Crippen LogP contribution in [0.1, 0.15) is 10.4 Å². The van der Waals surface area contributed by atoms with Crippen LogP contribution in [0, 0.1) is 0 Å². The first kappa shape index (κ1) is 14.2. The highest BCUT2D eigenvalue weighted by Crippen LogP contribution is 2.19. The van der Waals surface area contributed by atoms with Crippen molar-refractivity contribution in [3.63, 3.8) is 0 Å². The number of aliphatic carboxylic acids is 1. The lowest BCUT2D eigenvalue weighted by Crippen LogP contribution is -2.43. The number of aliphatic hydroxyl groups is 1. The van der Waals surface area contributed by atoms with Crippen LogP contribution in [-0.2, 0) is 16.1 Å². The van der Waals surface area contributed by atoms with Crippen LogP contribution < -0.4 is 0 Å². The largest absolute Gasteiger partial charge is 0.478 e. The van der Waals surface area contributed by atoms with Gasteiger partial charge in [0.2, 0.25) is 0 Å². The summed E-state index contributed by atoms with van der Waals surface area (Å²) in [5.74, 6) is -0.938. The highest BCUT2D eigenvalue weighted by Gasteiger charge is 2.19. The number of hydrogen-bond acceptors (Lipinski definition) is 5. The highest BCUT2D eigenvalue weighted by atomic mass is 32.1. The van der Waals surface area contributed by atoms with E-state index in [0.29, 0.717) is 6.61 Å². The Morgan fingerprint density at radius 1 is 1.63 bits per heavy atom. The molecular formula is C13H17NO4S. The summed E-state index contributed by atoms with van der Waals surface area (Å²) in [4.78, 5) is 13.9. The fourth-order valence-electron chi connectivity index (χ4n) is 1.99. The molecule has 1 saturated heterocycles. The van der Waals surface area contributed by atoms with Gasteiger partial charge >= 0.3 is 5.97 Å². The number of rotatable bonds is 5. The molecule has 1 aromatic heterocycles. The normalized spacial score (nSPS) is 21.0. The molecule has 0 saturated carbocycles. The quantitative estimate of drug-likeness (QED) is 0.790. The maximum absolute atomic E-state index is 10.4. The van der Waals surface area contributed by atoms with E-state index in [2.05, 4.69) is 4.90 Å². The van der Waals surface area contributed by atoms with Crippen LogP contribution in [0.5, 0.6) is 0 Å². The molecular weight excluding hydrogens is 266 g/mol. The summed E-state index contributed by atoms with van der Waals surface area (Å²) < 4.78 is 5.40. The summed E-state index contributed by atoms with van der Waals surface area (Å²) in [5.41, 5.74) is 0.911. The van der Waals surface area contributed by atoms with E-state index >= 15 is 0 Å². The molecule has 1 aliphatic rings. The first-order valence-electron chi connectivity index (χ1n) is 6.10. The SMILES string of the molecule is O=C(O)/C=C/c1csc(CN2CCOC(CO)C2)c1. The summed E-state index contributed by atoms with van der Waals surface area (Å²) in [6.07, 6.45) is 2.64. The molecule has 1 unspecified atom stereocenters. The maximum Gasteiger partial charge on any atom is 0.328 e. The number of carboxylic acid groups (broad SMARTS) is 1. The molecule has 0 spiro atoms. The Morgan fingerprint density at radius 2 is 2.47 bits per heavy atom. The fourth-order valence-corrected chi connectivity index (χ4v) is 2.89. The second kappa shape index (κ2) is 6.81. The first-order chi connectivity index (χ1) is 9.17. The zero-order chi connectivity index (χ0) is 13.7. The van der Waals surface area contributed by atoms with E-state index in [-0.39, 0.29) is 12.7 Å². The molecule has 2 rings (SSSR count). The van der Waals surface area contributed by atoms with Crippen molar-refractivity contribution in [1.82, 2.24) is 4.90 Å². The van der Waals surface area contributed by atoms with Crippen molar-refractivity contribution in [3.8, 4) is 0 Å². The smallest absolute Gasteiger partial charge is 0.328 e. The number of carbonyl (C=O) groups is 1. The van der Waals surface area contributed by atoms with Crippen LogP contribution in [-0.4, -0.2) is 53.5 Å². The summed E-state index contributed by atoms with van der Waals surface area (Å²) in [6.45, 7) is 3.09. The predicted octanol–water partition coefficient (Wildman–Crippen LogP) is 1.04. The Kier molecular flexibility index (Phi) is 5.09. The average molecular weight is 283 g/mol. The third-order valence-electron chi connectivity index (χ3n) is 2.90. The van der Waals surface area contributed by atoms with Crippen molar-refractivity contribution in [3.05, 3.63) is 28.0 Å². The van der Waals surface area contributed by atoms with Gasteiger partial charge in [-0.15, -0.1) is 11.3 Å². The maximum atomic E-state index is 10.4. The van der Waals surface area contributed by atoms with E-state index in [4.69, 9.17) is 14.9 Å². The summed E-state index contributed by atoms with van der Waals surface area (Å²) in [7, 11) is 0. The van der Waals surface area contributed by atoms with Gasteiger partial charge in [-0.25, -0.2) is 4.79 Å². The average Bonchev–Trinajstić information content (AvgIpc) is 2.84. The highest BCUT2D eigenvalue weighted by molar-refractivity contribution is 7.10. The van der Waals surface area contributed by atoms with Gasteiger partial charge in [-0.05, 0) is 23.1 Å². The molecule has 5 nitrogen and oxygen atoms in total. The molecule has 0 amide bonds. The third-order valence-corrected chi connectivity index (χ3v) is 3.84. The van der Waals surface area contributed by atoms with Gasteiger partial charge < -0.3 is 14.9 Å². The summed E-state index contributed by atoms with van der Waals surface area (Å²) in [6, 6.07) is 1.99. The summed E-state index contributed by atoms with van der Waals surface area (Å²) in [5, 5.41) is 19.6. The van der Waals surface area contributed by atoms with E-state index < -0.39 is 5.97 Å². The minimum Gasteiger partial charge on any atom is -0.478 e. The van der Waals surface area contributed by atoms with Crippen LogP contribution in [0.25, 0.3) is 6.08 Å². The molecule has 0 aliphatic carbocycles. The number of hydrogen-bond donors (Lipinski definition) is 2. The van der Waals surface area contributed by atoms with Crippen molar-refractivity contribution in [2.75, 3.05) is 26.3 Å². The molecule has 0 radical (unpaired) electrons. The van der Waals surface area contributed by atoms with Gasteiger partial charge in [-0.2, -0.15) is 0 Å². The van der Waals surface area contributed by atoms with E-state index in [1.165, 1.54) is 4.88 Å². The number of aliphatic hydroxyl groups excluding tert-OH is 1. The van der Waals surface area contributed by atoms with Crippen LogP contribution in [0.15, 0.2) is 17.5 Å². The van der Waals surface area contributed by atoms with Gasteiger partial charge in [0.25, 0.3) is 0 Å². The minimum absolute atomic E-state index is 0.0491. The number of thiophene rings is 1. The summed E-state index contributed by atoms with van der Waals surface area (Å²) >= 11 is 1.61. The third kappa shape index (κ3) is 4.43. The predicted molar refractivity (Wildman–Crippen MR) is 73.1 cm³/mol. The fraction of sp³-hybridized carbons (Fsp3) is 0.462. The second-order valence-electron chi connectivity index (χ2n) is 4.43. The van der Waals surface area contributed by atoms with E-state index in [0.717, 1.165) is 31.3 Å². The van der Waals surface area contributed by atoms with Crippen molar-refractivity contribution in [1.29, 1.82) is 0 Å². The van der Waals surface area contributed by atoms with Crippen LogP contribution in [0.2, 0.25) is 0 Å². The Morgan fingerprint density at radius 3 is 3.21 bits per heavy atom. The Hall–Kier alpha value is -1.21. The van der Waals surface area contributed by atoms with Gasteiger partial charge in [0.1, 0.15) is 0 Å². The number of morpholine rings is 1. The zero-order valence-corrected chi connectivity index (χ0v) is 11.3. The topological polar surface area (TPSA) is 70.0 Å². The van der Waals surface area contributed by atoms with Crippen LogP contribution in [0.3, 0.4) is 0 Å². The lowest BCUT2D eigenvalue weighted by molar-refractivity contribution is -0.131.